The van der Waals surface area contributed by atoms with E-state index in [1.54, 1.807) is 20.2 Å². The minimum absolute atomic E-state index is 0.00637. The Morgan fingerprint density at radius 2 is 1.92 bits per heavy atom. The van der Waals surface area contributed by atoms with E-state index in [2.05, 4.69) is 32.8 Å². The molecule has 3 heterocycles. The molecule has 0 spiro atoms. The molecule has 0 saturated carbocycles. The van der Waals surface area contributed by atoms with Crippen molar-refractivity contribution < 1.29 is 29.3 Å². The Labute approximate surface area is 230 Å². The zero-order chi connectivity index (χ0) is 28.1. The van der Waals surface area contributed by atoms with Gasteiger partial charge in [-0.2, -0.15) is 0 Å². The number of benzene rings is 1. The van der Waals surface area contributed by atoms with Crippen molar-refractivity contribution >= 4 is 34.2 Å². The maximum absolute atomic E-state index is 13.1. The first-order valence-corrected chi connectivity index (χ1v) is 13.4. The molecule has 1 fully saturated rings. The van der Waals surface area contributed by atoms with Gasteiger partial charge in [0, 0.05) is 29.7 Å². The number of rotatable bonds is 1. The van der Waals surface area contributed by atoms with Crippen LogP contribution in [0.25, 0.3) is 0 Å². The SMILES string of the molecule is C=C1CNC(=O)[C@H](C)NC(=O)CNc2ncc(s2)Cc2cc(ccc2OC)C[C@@H]2[C@H](O)[C@@H](O)CN2C(=O)CN1. The Morgan fingerprint density at radius 1 is 1.13 bits per heavy atom. The summed E-state index contributed by atoms with van der Waals surface area (Å²) in [5.41, 5.74) is 2.17. The van der Waals surface area contributed by atoms with Crippen LogP contribution in [0, 0.1) is 0 Å². The third-order valence-corrected chi connectivity index (χ3v) is 7.69. The summed E-state index contributed by atoms with van der Waals surface area (Å²) in [6, 6.07) is 4.29. The number of amides is 3. The zero-order valence-electron chi connectivity index (χ0n) is 21.9. The number of carbonyl (C=O) groups excluding carboxylic acids is 3. The highest BCUT2D eigenvalue weighted by atomic mass is 32.1. The molecule has 12 nitrogen and oxygen atoms in total. The van der Waals surface area contributed by atoms with Crippen LogP contribution in [0.4, 0.5) is 5.13 Å². The third kappa shape index (κ3) is 7.05. The Hall–Kier alpha value is -3.68. The van der Waals surface area contributed by atoms with Crippen molar-refractivity contribution in [2.24, 2.45) is 0 Å². The van der Waals surface area contributed by atoms with E-state index < -0.39 is 30.2 Å². The normalized spacial score (nSPS) is 25.3. The van der Waals surface area contributed by atoms with E-state index in [0.717, 1.165) is 16.0 Å². The fraction of sp³-hybridized carbons (Fsp3) is 0.462. The van der Waals surface area contributed by atoms with Gasteiger partial charge >= 0.3 is 0 Å². The first-order chi connectivity index (χ1) is 18.6. The standard InChI is InChI=1S/C26H34N6O6S/c1-14-9-28-25(37)15(2)31-22(34)11-30-26-29-10-18(39-26)8-17-6-16(4-5-21(17)38-3)7-19-24(36)20(33)13-32(19)23(35)12-27-14/h4-6,10,15,19-20,24,27,33,36H,1,7-9,11-13H2,2-3H3,(H,28,37)(H,29,30)(H,31,34)/t15-,19+,20-,24-/m0/s1. The summed E-state index contributed by atoms with van der Waals surface area (Å²) in [5.74, 6) is -0.398. The second-order valence-corrected chi connectivity index (χ2v) is 10.8. The van der Waals surface area contributed by atoms with Gasteiger partial charge in [-0.3, -0.25) is 14.4 Å². The molecule has 210 valence electrons. The van der Waals surface area contributed by atoms with E-state index in [9.17, 15) is 24.6 Å². The van der Waals surface area contributed by atoms with Crippen LogP contribution in [0.2, 0.25) is 0 Å². The molecule has 0 aliphatic carbocycles. The predicted molar refractivity (Wildman–Crippen MR) is 145 cm³/mol. The number of hydrogen-bond acceptors (Lipinski definition) is 10. The first-order valence-electron chi connectivity index (χ1n) is 12.6. The van der Waals surface area contributed by atoms with E-state index in [1.165, 1.54) is 16.2 Å². The zero-order valence-corrected chi connectivity index (χ0v) is 22.7. The molecular weight excluding hydrogens is 524 g/mol. The molecule has 2 aromatic rings. The third-order valence-electron chi connectivity index (χ3n) is 6.74. The van der Waals surface area contributed by atoms with Gasteiger partial charge in [-0.1, -0.05) is 18.7 Å². The number of hydrogen-bond donors (Lipinski definition) is 6. The van der Waals surface area contributed by atoms with Crippen molar-refractivity contribution in [1.29, 1.82) is 0 Å². The molecule has 1 aromatic heterocycles. The number of methoxy groups -OCH3 is 1. The summed E-state index contributed by atoms with van der Waals surface area (Å²) >= 11 is 1.40. The Balaban J connectivity index is 1.59. The van der Waals surface area contributed by atoms with Crippen molar-refractivity contribution in [2.75, 3.05) is 38.6 Å². The van der Waals surface area contributed by atoms with Crippen molar-refractivity contribution in [2.45, 2.75) is 44.1 Å². The number of carbonyl (C=O) groups is 3. The van der Waals surface area contributed by atoms with Crippen molar-refractivity contribution in [1.82, 2.24) is 25.8 Å². The lowest BCUT2D eigenvalue weighted by Crippen LogP contribution is -2.48. The lowest BCUT2D eigenvalue weighted by Gasteiger charge is -2.27. The van der Waals surface area contributed by atoms with Crippen LogP contribution in [-0.4, -0.2) is 95.4 Å². The number of anilines is 1. The van der Waals surface area contributed by atoms with E-state index in [-0.39, 0.29) is 38.0 Å². The number of ether oxygens (including phenoxy) is 1. The summed E-state index contributed by atoms with van der Waals surface area (Å²) in [5, 5.41) is 32.8. The Morgan fingerprint density at radius 3 is 2.69 bits per heavy atom. The summed E-state index contributed by atoms with van der Waals surface area (Å²) in [6.07, 6.45) is 0.415. The molecule has 13 heteroatoms. The largest absolute Gasteiger partial charge is 0.496 e. The molecule has 39 heavy (non-hydrogen) atoms. The van der Waals surface area contributed by atoms with Gasteiger partial charge in [0.1, 0.15) is 17.9 Å². The van der Waals surface area contributed by atoms with Crippen molar-refractivity contribution in [3.63, 3.8) is 0 Å². The van der Waals surface area contributed by atoms with E-state index >= 15 is 0 Å². The van der Waals surface area contributed by atoms with Crippen molar-refractivity contribution in [3.05, 3.63) is 52.7 Å². The lowest BCUT2D eigenvalue weighted by molar-refractivity contribution is -0.131. The van der Waals surface area contributed by atoms with Gasteiger partial charge in [-0.25, -0.2) is 4.98 Å². The van der Waals surface area contributed by atoms with E-state index in [4.69, 9.17) is 4.74 Å². The summed E-state index contributed by atoms with van der Waals surface area (Å²) in [4.78, 5) is 44.6. The van der Waals surface area contributed by atoms with Crippen LogP contribution in [-0.2, 0) is 27.2 Å². The van der Waals surface area contributed by atoms with Crippen LogP contribution in [0.1, 0.15) is 22.9 Å². The summed E-state index contributed by atoms with van der Waals surface area (Å²) in [7, 11) is 1.59. The first kappa shape index (κ1) is 28.3. The van der Waals surface area contributed by atoms with Gasteiger partial charge in [0.05, 0.1) is 38.9 Å². The minimum Gasteiger partial charge on any atom is -0.496 e. The molecule has 2 aliphatic rings. The number of aliphatic hydroxyl groups excluding tert-OH is 2. The number of nitrogens with zero attached hydrogens (tertiary/aromatic N) is 2. The lowest BCUT2D eigenvalue weighted by atomic mass is 9.98. The predicted octanol–water partition coefficient (Wildman–Crippen LogP) is -0.633. The highest BCUT2D eigenvalue weighted by Crippen LogP contribution is 2.29. The number of fused-ring (bicyclic) bond motifs is 5. The van der Waals surface area contributed by atoms with Crippen LogP contribution in [0.5, 0.6) is 5.75 Å². The quantitative estimate of drug-likeness (QED) is 0.267. The molecule has 1 aromatic carbocycles. The highest BCUT2D eigenvalue weighted by Gasteiger charge is 2.42. The molecular formula is C26H34N6O6S. The topological polar surface area (TPSA) is 165 Å². The molecule has 1 saturated heterocycles. The average molecular weight is 559 g/mol. The van der Waals surface area contributed by atoms with Crippen LogP contribution in [0.3, 0.4) is 0 Å². The van der Waals surface area contributed by atoms with Gasteiger partial charge < -0.3 is 41.1 Å². The van der Waals surface area contributed by atoms with Crippen LogP contribution >= 0.6 is 11.3 Å². The molecule has 0 unspecified atom stereocenters. The number of nitrogens with one attached hydrogen (secondary N) is 4. The minimum atomic E-state index is -1.10. The number of thiazole rings is 1. The maximum atomic E-state index is 13.1. The maximum Gasteiger partial charge on any atom is 0.242 e. The second kappa shape index (κ2) is 12.5. The number of aromatic nitrogens is 1. The molecule has 2 aliphatic heterocycles. The number of aliphatic hydroxyl groups is 2. The van der Waals surface area contributed by atoms with Gasteiger partial charge in [0.25, 0.3) is 0 Å². The van der Waals surface area contributed by atoms with Gasteiger partial charge in [0.2, 0.25) is 17.7 Å². The van der Waals surface area contributed by atoms with Crippen LogP contribution < -0.4 is 26.0 Å². The molecule has 3 amide bonds. The van der Waals surface area contributed by atoms with Crippen LogP contribution in [0.15, 0.2) is 36.7 Å². The second-order valence-electron chi connectivity index (χ2n) is 9.65. The van der Waals surface area contributed by atoms with Gasteiger partial charge in [-0.15, -0.1) is 11.3 Å². The van der Waals surface area contributed by atoms with E-state index in [0.29, 0.717) is 29.4 Å². The molecule has 4 atom stereocenters. The van der Waals surface area contributed by atoms with Gasteiger partial charge in [0.15, 0.2) is 5.13 Å². The average Bonchev–Trinajstić information content (AvgIpc) is 3.48. The fourth-order valence-corrected chi connectivity index (χ4v) is 5.46. The van der Waals surface area contributed by atoms with Gasteiger partial charge in [-0.05, 0) is 30.5 Å². The van der Waals surface area contributed by atoms with E-state index in [1.807, 2.05) is 18.2 Å². The van der Waals surface area contributed by atoms with Crippen molar-refractivity contribution in [3.8, 4) is 5.75 Å². The molecule has 4 rings (SSSR count). The Kier molecular flexibility index (Phi) is 9.04. The smallest absolute Gasteiger partial charge is 0.242 e. The fourth-order valence-electron chi connectivity index (χ4n) is 4.63. The molecule has 4 bridgehead atoms. The summed E-state index contributed by atoms with van der Waals surface area (Å²) < 4.78 is 5.55. The highest BCUT2D eigenvalue weighted by molar-refractivity contribution is 7.15. The Bertz CT molecular complexity index is 1240. The molecule has 6 N–H and O–H groups in total. The monoisotopic (exact) mass is 558 g/mol. The molecule has 0 radical (unpaired) electrons. The summed E-state index contributed by atoms with van der Waals surface area (Å²) in [6.45, 7) is 5.30.